The van der Waals surface area contributed by atoms with Crippen LogP contribution in [0.25, 0.3) is 6.08 Å². The van der Waals surface area contributed by atoms with Crippen LogP contribution in [0.2, 0.25) is 0 Å². The molecule has 130 valence electrons. The van der Waals surface area contributed by atoms with E-state index in [1.165, 1.54) is 17.3 Å². The van der Waals surface area contributed by atoms with Crippen LogP contribution in [0.1, 0.15) is 18.1 Å². The van der Waals surface area contributed by atoms with Crippen molar-refractivity contribution in [1.82, 2.24) is 5.32 Å². The van der Waals surface area contributed by atoms with Gasteiger partial charge in [-0.25, -0.2) is 0 Å². The topological polar surface area (TPSA) is 50.4 Å². The summed E-state index contributed by atoms with van der Waals surface area (Å²) in [7, 11) is 1.65. The second-order valence-corrected chi connectivity index (χ2v) is 7.88. The number of hydrogen-bond donors (Lipinski definition) is 2. The van der Waals surface area contributed by atoms with E-state index in [2.05, 4.69) is 52.3 Å². The quantitative estimate of drug-likeness (QED) is 0.505. The summed E-state index contributed by atoms with van der Waals surface area (Å²) in [5.41, 5.74) is 3.11. The molecule has 3 rings (SSSR count). The molecule has 0 radical (unpaired) electrons. The van der Waals surface area contributed by atoms with Gasteiger partial charge in [0, 0.05) is 5.69 Å². The van der Waals surface area contributed by atoms with Gasteiger partial charge in [-0.2, -0.15) is 0 Å². The van der Waals surface area contributed by atoms with Crippen LogP contribution in [-0.2, 0) is 11.2 Å². The molecule has 1 heterocycles. The number of hydrogen-bond acceptors (Lipinski definition) is 4. The average Bonchev–Trinajstić information content (AvgIpc) is 2.95. The van der Waals surface area contributed by atoms with Gasteiger partial charge < -0.3 is 15.4 Å². The first-order valence-corrected chi connectivity index (χ1v) is 9.93. The van der Waals surface area contributed by atoms with E-state index >= 15 is 0 Å². The van der Waals surface area contributed by atoms with Crippen molar-refractivity contribution in [2.75, 3.05) is 12.4 Å². The molecule has 0 bridgehead atoms. The third-order valence-corrected chi connectivity index (χ3v) is 5.74. The minimum atomic E-state index is -0.163. The predicted octanol–water partition coefficient (Wildman–Crippen LogP) is 4.46. The lowest BCUT2D eigenvalue weighted by Crippen LogP contribution is -2.30. The normalized spacial score (nSPS) is 18.3. The van der Waals surface area contributed by atoms with Crippen molar-refractivity contribution in [3.05, 3.63) is 62.1 Å². The molecule has 25 heavy (non-hydrogen) atoms. The van der Waals surface area contributed by atoms with Crippen molar-refractivity contribution >= 4 is 52.0 Å². The monoisotopic (exact) mass is 466 g/mol. The van der Waals surface area contributed by atoms with Crippen molar-refractivity contribution in [2.24, 2.45) is 0 Å². The first-order valence-electron chi connectivity index (χ1n) is 7.97. The van der Waals surface area contributed by atoms with Gasteiger partial charge in [-0.05, 0) is 70.5 Å². The Hall–Kier alpha value is -1.67. The largest absolute Gasteiger partial charge is 0.496 e. The molecule has 1 aliphatic heterocycles. The molecular formula is C19H19IN2O2S. The molecule has 1 amide bonds. The number of anilines is 1. The molecule has 6 heteroatoms. The van der Waals surface area contributed by atoms with Crippen molar-refractivity contribution in [2.45, 2.75) is 18.8 Å². The van der Waals surface area contributed by atoms with E-state index in [1.807, 2.05) is 36.4 Å². The van der Waals surface area contributed by atoms with Crippen LogP contribution in [0, 0.1) is 3.57 Å². The Kier molecular flexibility index (Phi) is 5.90. The summed E-state index contributed by atoms with van der Waals surface area (Å²) >= 11 is 3.72. The first-order chi connectivity index (χ1) is 12.1. The highest BCUT2D eigenvalue weighted by Gasteiger charge is 2.27. The maximum absolute atomic E-state index is 12.2. The molecule has 1 fully saturated rings. The van der Waals surface area contributed by atoms with Gasteiger partial charge >= 0.3 is 0 Å². The molecule has 4 nitrogen and oxygen atoms in total. The number of nitrogens with one attached hydrogen (secondary N) is 2. The summed E-state index contributed by atoms with van der Waals surface area (Å²) in [6.07, 6.45) is 2.92. The van der Waals surface area contributed by atoms with Crippen LogP contribution in [-0.4, -0.2) is 18.5 Å². The van der Waals surface area contributed by atoms with Crippen LogP contribution in [0.4, 0.5) is 5.69 Å². The summed E-state index contributed by atoms with van der Waals surface area (Å²) in [4.78, 5) is 12.9. The Morgan fingerprint density at radius 3 is 2.68 bits per heavy atom. The number of amides is 1. The Morgan fingerprint density at radius 1 is 1.28 bits per heavy atom. The zero-order valence-corrected chi connectivity index (χ0v) is 17.0. The second-order valence-electron chi connectivity index (χ2n) is 5.57. The number of thioether (sulfide) groups is 1. The Balaban J connectivity index is 1.70. The lowest BCUT2D eigenvalue weighted by molar-refractivity contribution is -0.116. The van der Waals surface area contributed by atoms with Crippen molar-refractivity contribution in [3.63, 3.8) is 0 Å². The minimum Gasteiger partial charge on any atom is -0.496 e. The van der Waals surface area contributed by atoms with E-state index in [-0.39, 0.29) is 11.4 Å². The van der Waals surface area contributed by atoms with E-state index in [0.717, 1.165) is 27.0 Å². The van der Waals surface area contributed by atoms with E-state index in [4.69, 9.17) is 4.74 Å². The molecule has 0 aliphatic carbocycles. The zero-order chi connectivity index (χ0) is 17.8. The molecule has 2 N–H and O–H groups in total. The first kappa shape index (κ1) is 18.1. The fourth-order valence-electron chi connectivity index (χ4n) is 2.48. The van der Waals surface area contributed by atoms with Crippen molar-refractivity contribution in [1.29, 1.82) is 0 Å². The Bertz CT molecular complexity index is 806. The Morgan fingerprint density at radius 2 is 2.04 bits per heavy atom. The van der Waals surface area contributed by atoms with Gasteiger partial charge in [0.25, 0.3) is 5.91 Å². The Labute approximate surface area is 165 Å². The number of methoxy groups -OCH3 is 1. The second kappa shape index (κ2) is 8.14. The van der Waals surface area contributed by atoms with E-state index < -0.39 is 0 Å². The van der Waals surface area contributed by atoms with Crippen LogP contribution >= 0.6 is 34.4 Å². The van der Waals surface area contributed by atoms with E-state index in [0.29, 0.717) is 4.91 Å². The summed E-state index contributed by atoms with van der Waals surface area (Å²) in [6.45, 7) is 2.13. The third kappa shape index (κ3) is 4.49. The van der Waals surface area contributed by atoms with Gasteiger partial charge in [0.1, 0.15) is 5.75 Å². The van der Waals surface area contributed by atoms with E-state index in [1.54, 1.807) is 7.11 Å². The fraction of sp³-hybridized carbons (Fsp3) is 0.211. The highest BCUT2D eigenvalue weighted by molar-refractivity contribution is 14.1. The molecule has 0 spiro atoms. The maximum Gasteiger partial charge on any atom is 0.260 e. The van der Waals surface area contributed by atoms with Crippen LogP contribution in [0.5, 0.6) is 5.75 Å². The third-order valence-electron chi connectivity index (χ3n) is 3.86. The standard InChI is InChI=1S/C19H19IN2O2S/c1-3-12-4-7-14(8-5-12)21-19-22-18(23)17(25-19)11-13-6-9-16(24-2)15(20)10-13/h4-11,19,21H,3H2,1-2H3,(H,22,23)/b17-11-/t19-/m0/s1. The van der Waals surface area contributed by atoms with Crippen LogP contribution < -0.4 is 15.4 Å². The number of halogens is 1. The highest BCUT2D eigenvalue weighted by Crippen LogP contribution is 2.31. The van der Waals surface area contributed by atoms with Gasteiger partial charge in [0.15, 0.2) is 5.50 Å². The molecule has 1 aliphatic rings. The summed E-state index contributed by atoms with van der Waals surface area (Å²) < 4.78 is 6.29. The van der Waals surface area contributed by atoms with Gasteiger partial charge in [-0.15, -0.1) is 0 Å². The van der Waals surface area contributed by atoms with Gasteiger partial charge in [-0.3, -0.25) is 4.79 Å². The van der Waals surface area contributed by atoms with Gasteiger partial charge in [0.05, 0.1) is 15.6 Å². The number of ether oxygens (including phenoxy) is 1. The highest BCUT2D eigenvalue weighted by atomic mass is 127. The van der Waals surface area contributed by atoms with Gasteiger partial charge in [-0.1, -0.05) is 36.9 Å². The fourth-order valence-corrected chi connectivity index (χ4v) is 4.22. The number of rotatable bonds is 5. The van der Waals surface area contributed by atoms with E-state index in [9.17, 15) is 4.79 Å². The molecule has 0 saturated carbocycles. The summed E-state index contributed by atoms with van der Waals surface area (Å²) in [5.74, 6) is 0.778. The number of carbonyl (C=O) groups excluding carboxylic acids is 1. The summed E-state index contributed by atoms with van der Waals surface area (Å²) in [6, 6.07) is 14.1. The molecule has 1 saturated heterocycles. The lowest BCUT2D eigenvalue weighted by Gasteiger charge is -2.12. The molecule has 2 aromatic carbocycles. The number of carbonyl (C=O) groups is 1. The molecular weight excluding hydrogens is 447 g/mol. The van der Waals surface area contributed by atoms with Gasteiger partial charge in [0.2, 0.25) is 0 Å². The maximum atomic E-state index is 12.2. The molecule has 0 unspecified atom stereocenters. The molecule has 2 aromatic rings. The smallest absolute Gasteiger partial charge is 0.260 e. The van der Waals surface area contributed by atoms with Crippen molar-refractivity contribution < 1.29 is 9.53 Å². The predicted molar refractivity (Wildman–Crippen MR) is 113 cm³/mol. The van der Waals surface area contributed by atoms with Crippen LogP contribution in [0.3, 0.4) is 0 Å². The zero-order valence-electron chi connectivity index (χ0n) is 14.0. The minimum absolute atomic E-state index is 0.0569. The SMILES string of the molecule is CCc1ccc(N[C@H]2NC(=O)/C(=C/c3ccc(OC)c(I)c3)S2)cc1. The number of benzene rings is 2. The number of aryl methyl sites for hydroxylation is 1. The van der Waals surface area contributed by atoms with Crippen LogP contribution in [0.15, 0.2) is 47.4 Å². The lowest BCUT2D eigenvalue weighted by atomic mass is 10.1. The summed E-state index contributed by atoms with van der Waals surface area (Å²) in [5, 5.41) is 6.29. The molecule has 1 atom stereocenters. The molecule has 0 aromatic heterocycles. The average molecular weight is 466 g/mol. The van der Waals surface area contributed by atoms with Crippen molar-refractivity contribution in [3.8, 4) is 5.75 Å².